The fourth-order valence-electron chi connectivity index (χ4n) is 4.69. The summed E-state index contributed by atoms with van der Waals surface area (Å²) in [6.45, 7) is 0. The average Bonchev–Trinajstić information content (AvgIpc) is 3.67. The summed E-state index contributed by atoms with van der Waals surface area (Å²) in [5, 5.41) is 5.31. The molecule has 0 saturated carbocycles. The van der Waals surface area contributed by atoms with E-state index in [0.717, 1.165) is 49.2 Å². The number of hydrogen-bond acceptors (Lipinski definition) is 5. The molecule has 0 aliphatic carbocycles. The number of furan rings is 1. The van der Waals surface area contributed by atoms with Crippen LogP contribution in [-0.4, -0.2) is 15.0 Å². The smallest absolute Gasteiger partial charge is 0.454 e. The zero-order chi connectivity index (χ0) is 26.0. The molecule has 0 amide bonds. The monoisotopic (exact) mass is 568 g/mol. The van der Waals surface area contributed by atoms with E-state index in [-0.39, 0.29) is 19.5 Å². The third-order valence-electron chi connectivity index (χ3n) is 6.47. The van der Waals surface area contributed by atoms with Gasteiger partial charge in [0.2, 0.25) is 0 Å². The van der Waals surface area contributed by atoms with Crippen LogP contribution in [-0.2, 0) is 19.5 Å². The molecular formula is C32H20N6OZn. The van der Waals surface area contributed by atoms with Crippen molar-refractivity contribution in [3.05, 3.63) is 127 Å². The number of nitrogens with zero attached hydrogens (tertiary/aromatic N) is 6. The minimum Gasteiger partial charge on any atom is -0.454 e. The molecular weight excluding hydrogens is 550 g/mol. The van der Waals surface area contributed by atoms with E-state index >= 15 is 0 Å². The van der Waals surface area contributed by atoms with E-state index in [1.165, 1.54) is 0 Å². The number of rotatable bonds is 2. The average molecular weight is 570 g/mol. The van der Waals surface area contributed by atoms with E-state index in [1.54, 1.807) is 31.0 Å². The van der Waals surface area contributed by atoms with Crippen molar-refractivity contribution in [1.82, 2.24) is 24.9 Å². The Labute approximate surface area is 241 Å². The van der Waals surface area contributed by atoms with Gasteiger partial charge in [0.15, 0.2) is 5.58 Å². The molecule has 8 aromatic rings. The summed E-state index contributed by atoms with van der Waals surface area (Å²) < 4.78 is 5.77. The first-order valence-electron chi connectivity index (χ1n) is 12.4. The van der Waals surface area contributed by atoms with Crippen molar-refractivity contribution in [3.63, 3.8) is 0 Å². The largest absolute Gasteiger partial charge is 2.00 e. The van der Waals surface area contributed by atoms with Crippen molar-refractivity contribution in [2.75, 3.05) is 0 Å². The summed E-state index contributed by atoms with van der Waals surface area (Å²) in [6.07, 6.45) is 8.70. The van der Waals surface area contributed by atoms with Crippen molar-refractivity contribution >= 4 is 49.4 Å². The standard InChI is InChI=1S/C18H12N3.C14H8N3O.Zn/c1-3-7-15-13(5-1)9-11-19-17(15)21-18-16-8-4-2-6-14(16)10-12-20-18;1-3-9(14-16-7-8-17-14)12-10(4-1)18-11-5-2-6-15-13(11)12;/h1-12H;1-8H;/q2*-1;+2. The molecule has 0 aliphatic heterocycles. The maximum Gasteiger partial charge on any atom is 2.00 e. The molecule has 0 saturated heterocycles. The zero-order valence-corrected chi connectivity index (χ0v) is 24.3. The Balaban J connectivity index is 0.000000143. The second-order valence-corrected chi connectivity index (χ2v) is 8.83. The predicted molar refractivity (Wildman–Crippen MR) is 152 cm³/mol. The van der Waals surface area contributed by atoms with Crippen molar-refractivity contribution in [1.29, 1.82) is 0 Å². The van der Waals surface area contributed by atoms with Crippen molar-refractivity contribution in [3.8, 4) is 11.4 Å². The summed E-state index contributed by atoms with van der Waals surface area (Å²) in [5.74, 6) is 1.41. The zero-order valence-electron chi connectivity index (χ0n) is 21.3. The van der Waals surface area contributed by atoms with Crippen LogP contribution in [0.2, 0.25) is 0 Å². The fourth-order valence-corrected chi connectivity index (χ4v) is 4.69. The topological polar surface area (TPSA) is 92.4 Å². The molecule has 40 heavy (non-hydrogen) atoms. The molecule has 0 unspecified atom stereocenters. The van der Waals surface area contributed by atoms with Crippen LogP contribution in [0.5, 0.6) is 0 Å². The van der Waals surface area contributed by atoms with E-state index in [1.807, 2.05) is 78.9 Å². The minimum atomic E-state index is 0. The maximum absolute atomic E-state index is 5.77. The van der Waals surface area contributed by atoms with Gasteiger partial charge in [-0.15, -0.1) is 0 Å². The van der Waals surface area contributed by atoms with Crippen LogP contribution in [0.25, 0.3) is 55.0 Å². The van der Waals surface area contributed by atoms with Crippen molar-refractivity contribution < 1.29 is 23.9 Å². The third kappa shape index (κ3) is 4.70. The van der Waals surface area contributed by atoms with Crippen LogP contribution < -0.4 is 15.5 Å². The Bertz CT molecular complexity index is 2140. The molecule has 5 heterocycles. The summed E-state index contributed by atoms with van der Waals surface area (Å²) in [6, 6.07) is 29.8. The molecule has 0 atom stereocenters. The number of fused-ring (bicyclic) bond motifs is 5. The van der Waals surface area contributed by atoms with Gasteiger partial charge in [-0.2, -0.15) is 0 Å². The Kier molecular flexibility index (Phi) is 7.00. The molecule has 186 valence electrons. The van der Waals surface area contributed by atoms with Gasteiger partial charge in [-0.3, -0.25) is 9.97 Å². The van der Waals surface area contributed by atoms with Gasteiger partial charge in [0, 0.05) is 17.8 Å². The van der Waals surface area contributed by atoms with E-state index < -0.39 is 0 Å². The maximum atomic E-state index is 5.77. The number of imidazole rings is 1. The second-order valence-electron chi connectivity index (χ2n) is 8.83. The number of pyridine rings is 3. The summed E-state index contributed by atoms with van der Waals surface area (Å²) in [5.41, 5.74) is 4.11. The van der Waals surface area contributed by atoms with Crippen LogP contribution in [0.1, 0.15) is 0 Å². The quantitative estimate of drug-likeness (QED) is 0.219. The van der Waals surface area contributed by atoms with Gasteiger partial charge >= 0.3 is 19.5 Å². The number of benzene rings is 3. The van der Waals surface area contributed by atoms with Gasteiger partial charge in [-0.05, 0) is 51.5 Å². The molecule has 0 fully saturated rings. The Morgan fingerprint density at radius 2 is 1.40 bits per heavy atom. The van der Waals surface area contributed by atoms with Gasteiger partial charge in [0.25, 0.3) is 0 Å². The molecule has 8 rings (SSSR count). The molecule has 0 radical (unpaired) electrons. The SMILES string of the molecule is [Zn+2].c1ccc2c(N=c3[n-]ccc4ccccc34)nccc2c1.c1cnc2c(c1)oc1cccc(-c3ncc[n-]3)c12. The van der Waals surface area contributed by atoms with Crippen LogP contribution in [0.4, 0.5) is 5.82 Å². The summed E-state index contributed by atoms with van der Waals surface area (Å²) >= 11 is 0. The first kappa shape index (κ1) is 25.3. The molecule has 0 spiro atoms. The molecule has 0 N–H and O–H groups in total. The molecule has 0 bridgehead atoms. The van der Waals surface area contributed by atoms with Gasteiger partial charge in [-0.25, -0.2) is 0 Å². The second kappa shape index (κ2) is 11.0. The Hall–Kier alpha value is -4.94. The normalized spacial score (nSPS) is 11.4. The van der Waals surface area contributed by atoms with Gasteiger partial charge in [0.05, 0.1) is 11.2 Å². The Morgan fingerprint density at radius 3 is 2.25 bits per heavy atom. The van der Waals surface area contributed by atoms with Crippen molar-refractivity contribution in [2.45, 2.75) is 0 Å². The number of aromatic nitrogens is 5. The molecule has 8 heteroatoms. The predicted octanol–water partition coefficient (Wildman–Crippen LogP) is 6.58. The van der Waals surface area contributed by atoms with Crippen LogP contribution in [0.3, 0.4) is 0 Å². The van der Waals surface area contributed by atoms with Gasteiger partial charge < -0.3 is 24.4 Å². The van der Waals surface area contributed by atoms with Crippen LogP contribution in [0.15, 0.2) is 131 Å². The molecule has 0 aliphatic rings. The summed E-state index contributed by atoms with van der Waals surface area (Å²) in [4.78, 5) is 26.4. The Morgan fingerprint density at radius 1 is 0.600 bits per heavy atom. The van der Waals surface area contributed by atoms with Crippen molar-refractivity contribution in [2.24, 2.45) is 4.99 Å². The number of hydrogen-bond donors (Lipinski definition) is 0. The molecule has 3 aromatic carbocycles. The van der Waals surface area contributed by atoms with Gasteiger partial charge in [-0.1, -0.05) is 91.1 Å². The molecule has 7 nitrogen and oxygen atoms in total. The summed E-state index contributed by atoms with van der Waals surface area (Å²) in [7, 11) is 0. The van der Waals surface area contributed by atoms with E-state index in [2.05, 4.69) is 42.0 Å². The first-order valence-corrected chi connectivity index (χ1v) is 12.4. The van der Waals surface area contributed by atoms with Crippen LogP contribution in [0, 0.1) is 0 Å². The fraction of sp³-hybridized carbons (Fsp3) is 0. The van der Waals surface area contributed by atoms with E-state index in [9.17, 15) is 0 Å². The van der Waals surface area contributed by atoms with E-state index in [0.29, 0.717) is 17.1 Å². The van der Waals surface area contributed by atoms with Crippen LogP contribution >= 0.6 is 0 Å². The first-order chi connectivity index (χ1) is 19.3. The minimum absolute atomic E-state index is 0. The van der Waals surface area contributed by atoms with Gasteiger partial charge in [0.1, 0.15) is 11.1 Å². The van der Waals surface area contributed by atoms with E-state index in [4.69, 9.17) is 4.42 Å². The third-order valence-corrected chi connectivity index (χ3v) is 6.47. The molecule has 5 aromatic heterocycles.